The Morgan fingerprint density at radius 2 is 1.70 bits per heavy atom. The average Bonchev–Trinajstić information content (AvgIpc) is 3.46. The number of carbonyl (C=O) groups excluding carboxylic acids is 4. The van der Waals surface area contributed by atoms with Crippen molar-refractivity contribution in [1.82, 2.24) is 20.2 Å². The Balaban J connectivity index is 1.38. The van der Waals surface area contributed by atoms with Gasteiger partial charge < -0.3 is 50.3 Å². The van der Waals surface area contributed by atoms with Crippen LogP contribution in [0.25, 0.3) is 0 Å². The standard InChI is InChI=1S/C42H63N5O13/c1-4-5-6-7-8-9-10-11-12-13-14-15-16-17-18-22-31(50)58-36-33(56-3)34(59-40(36)47-24-23-30(49)46-42(47)55)35(37(43)52)60-41-32(51)28(48)25-29(57-41)39(54)45-27-21-19-20-26(2)44-38(27)53/h8-9,11-12,23-28,32-36,40-41,48,51H,4-7,10,13-22H2,1-3H3,(H2,43,52)(H,44,53)(H,45,54)(H,46,49,55)/b9-8-,12-11-/t26-,27+,28+,32+,33-,34+,35-,36-,40-,41-/m1/s1. The maximum absolute atomic E-state index is 13.2. The van der Waals surface area contributed by atoms with Crippen molar-refractivity contribution < 1.29 is 53.1 Å². The molecule has 0 spiro atoms. The van der Waals surface area contributed by atoms with Crippen molar-refractivity contribution in [3.8, 4) is 0 Å². The number of rotatable bonds is 23. The second-order valence-electron chi connectivity index (χ2n) is 15.5. The molecule has 0 aromatic carbocycles. The highest BCUT2D eigenvalue weighted by atomic mass is 16.7. The summed E-state index contributed by atoms with van der Waals surface area (Å²) in [6, 6.07) is 0.0700. The normalized spacial score (nSPS) is 27.5. The lowest BCUT2D eigenvalue weighted by atomic mass is 10.0. The minimum atomic E-state index is -1.89. The number of hydrogen-bond donors (Lipinski definition) is 6. The number of nitrogens with one attached hydrogen (secondary N) is 3. The molecule has 3 aliphatic heterocycles. The number of hydrogen-bond acceptors (Lipinski definition) is 13. The summed E-state index contributed by atoms with van der Waals surface area (Å²) >= 11 is 0. The van der Waals surface area contributed by atoms with E-state index in [0.717, 1.165) is 67.9 Å². The number of nitrogens with zero attached hydrogens (tertiary/aromatic N) is 1. The summed E-state index contributed by atoms with van der Waals surface area (Å²) in [5.74, 6) is -3.59. The zero-order chi connectivity index (χ0) is 43.6. The second kappa shape index (κ2) is 24.6. The van der Waals surface area contributed by atoms with Crippen LogP contribution in [0.4, 0.5) is 0 Å². The second-order valence-corrected chi connectivity index (χ2v) is 15.5. The van der Waals surface area contributed by atoms with Crippen LogP contribution in [0.2, 0.25) is 0 Å². The van der Waals surface area contributed by atoms with Crippen LogP contribution in [0.1, 0.15) is 116 Å². The number of methoxy groups -OCH3 is 1. The highest BCUT2D eigenvalue weighted by Gasteiger charge is 2.54. The first-order valence-electron chi connectivity index (χ1n) is 21.1. The van der Waals surface area contributed by atoms with E-state index in [-0.39, 0.29) is 12.5 Å². The van der Waals surface area contributed by atoms with Crippen LogP contribution in [0.3, 0.4) is 0 Å². The molecule has 4 heterocycles. The van der Waals surface area contributed by atoms with Crippen molar-refractivity contribution in [2.24, 2.45) is 5.73 Å². The fourth-order valence-electron chi connectivity index (χ4n) is 7.32. The number of nitrogens with two attached hydrogens (primary N) is 1. The van der Waals surface area contributed by atoms with Gasteiger partial charge in [0.2, 0.25) is 18.1 Å². The number of amides is 3. The molecule has 10 atom stereocenters. The number of ether oxygens (including phenoxy) is 5. The molecule has 0 aliphatic carbocycles. The molecule has 0 bridgehead atoms. The molecular formula is C42H63N5O13. The quantitative estimate of drug-likeness (QED) is 0.0525. The van der Waals surface area contributed by atoms with Gasteiger partial charge >= 0.3 is 11.7 Å². The van der Waals surface area contributed by atoms with Gasteiger partial charge in [-0.05, 0) is 70.8 Å². The molecule has 4 rings (SSSR count). The van der Waals surface area contributed by atoms with Crippen LogP contribution in [0, 0.1) is 0 Å². The first-order valence-corrected chi connectivity index (χ1v) is 21.1. The highest BCUT2D eigenvalue weighted by molar-refractivity contribution is 5.95. The zero-order valence-corrected chi connectivity index (χ0v) is 34.8. The lowest BCUT2D eigenvalue weighted by Crippen LogP contribution is -2.54. The number of esters is 1. The fourth-order valence-corrected chi connectivity index (χ4v) is 7.32. The van der Waals surface area contributed by atoms with Crippen LogP contribution in [0.15, 0.2) is 58.0 Å². The summed E-state index contributed by atoms with van der Waals surface area (Å²) in [5.41, 5.74) is 4.16. The van der Waals surface area contributed by atoms with Crippen LogP contribution in [-0.4, -0.2) is 106 Å². The van der Waals surface area contributed by atoms with Gasteiger partial charge in [-0.15, -0.1) is 0 Å². The van der Waals surface area contributed by atoms with Crippen molar-refractivity contribution in [2.75, 3.05) is 7.11 Å². The third-order valence-electron chi connectivity index (χ3n) is 10.6. The highest BCUT2D eigenvalue weighted by Crippen LogP contribution is 2.36. The monoisotopic (exact) mass is 845 g/mol. The van der Waals surface area contributed by atoms with Gasteiger partial charge in [-0.3, -0.25) is 33.5 Å². The molecule has 3 amide bonds. The number of aliphatic hydroxyl groups is 2. The van der Waals surface area contributed by atoms with E-state index in [9.17, 15) is 39.0 Å². The van der Waals surface area contributed by atoms with E-state index in [1.165, 1.54) is 26.4 Å². The predicted octanol–water partition coefficient (Wildman–Crippen LogP) is 2.18. The maximum atomic E-state index is 13.2. The number of allylic oxidation sites excluding steroid dienone is 4. The number of primary amides is 1. The number of unbranched alkanes of at least 4 members (excludes halogenated alkanes) is 8. The topological polar surface area (TPSA) is 260 Å². The summed E-state index contributed by atoms with van der Waals surface area (Å²) in [7, 11) is 1.24. The molecule has 3 aliphatic rings. The summed E-state index contributed by atoms with van der Waals surface area (Å²) in [6.45, 7) is 4.04. The Kier molecular flexibility index (Phi) is 19.7. The van der Waals surface area contributed by atoms with E-state index in [1.807, 2.05) is 6.92 Å². The minimum Gasteiger partial charge on any atom is -0.456 e. The molecule has 2 saturated heterocycles. The Morgan fingerprint density at radius 1 is 1.00 bits per heavy atom. The molecule has 18 heteroatoms. The van der Waals surface area contributed by atoms with Gasteiger partial charge in [-0.2, -0.15) is 0 Å². The summed E-state index contributed by atoms with van der Waals surface area (Å²) in [6.07, 6.45) is 10.6. The number of aliphatic hydroxyl groups excluding tert-OH is 2. The van der Waals surface area contributed by atoms with Crippen molar-refractivity contribution >= 4 is 23.7 Å². The van der Waals surface area contributed by atoms with E-state index >= 15 is 0 Å². The van der Waals surface area contributed by atoms with Crippen LogP contribution in [-0.2, 0) is 42.9 Å². The Bertz CT molecular complexity index is 1780. The lowest BCUT2D eigenvalue weighted by molar-refractivity contribution is -0.241. The van der Waals surface area contributed by atoms with E-state index < -0.39 is 95.9 Å². The van der Waals surface area contributed by atoms with Gasteiger partial charge in [0.25, 0.3) is 11.5 Å². The van der Waals surface area contributed by atoms with Crippen LogP contribution in [0.5, 0.6) is 0 Å². The number of H-pyrrole nitrogens is 1. The number of carbonyl (C=O) groups is 4. The fraction of sp³-hybridized carbons (Fsp3) is 0.667. The number of aromatic nitrogens is 2. The zero-order valence-electron chi connectivity index (χ0n) is 34.8. The molecule has 1 aromatic heterocycles. The summed E-state index contributed by atoms with van der Waals surface area (Å²) in [5, 5.41) is 26.9. The van der Waals surface area contributed by atoms with Gasteiger partial charge in [0.05, 0.1) is 0 Å². The first kappa shape index (κ1) is 48.1. The van der Waals surface area contributed by atoms with Gasteiger partial charge in [-0.1, -0.05) is 63.3 Å². The summed E-state index contributed by atoms with van der Waals surface area (Å²) in [4.78, 5) is 79.1. The van der Waals surface area contributed by atoms with Crippen LogP contribution < -0.4 is 27.6 Å². The van der Waals surface area contributed by atoms with Crippen molar-refractivity contribution in [3.05, 3.63) is 69.2 Å². The Labute approximate surface area is 349 Å². The smallest absolute Gasteiger partial charge is 0.330 e. The largest absolute Gasteiger partial charge is 0.456 e. The molecule has 334 valence electrons. The molecule has 7 N–H and O–H groups in total. The molecule has 0 unspecified atom stereocenters. The van der Waals surface area contributed by atoms with E-state index in [2.05, 4.69) is 46.8 Å². The van der Waals surface area contributed by atoms with Crippen LogP contribution >= 0.6 is 0 Å². The molecule has 0 saturated carbocycles. The third-order valence-corrected chi connectivity index (χ3v) is 10.6. The molecular weight excluding hydrogens is 782 g/mol. The van der Waals surface area contributed by atoms with E-state index in [4.69, 9.17) is 29.4 Å². The summed E-state index contributed by atoms with van der Waals surface area (Å²) < 4.78 is 30.0. The Hall–Kier alpha value is -4.62. The molecule has 2 fully saturated rings. The van der Waals surface area contributed by atoms with E-state index in [0.29, 0.717) is 25.7 Å². The maximum Gasteiger partial charge on any atom is 0.330 e. The molecule has 18 nitrogen and oxygen atoms in total. The van der Waals surface area contributed by atoms with E-state index in [1.54, 1.807) is 0 Å². The third kappa shape index (κ3) is 14.2. The molecule has 0 radical (unpaired) electrons. The van der Waals surface area contributed by atoms with Gasteiger partial charge in [-0.25, -0.2) is 4.79 Å². The minimum absolute atomic E-state index is 0.0315. The number of aromatic amines is 1. The van der Waals surface area contributed by atoms with Crippen molar-refractivity contribution in [2.45, 2.75) is 171 Å². The van der Waals surface area contributed by atoms with Gasteiger partial charge in [0, 0.05) is 31.8 Å². The van der Waals surface area contributed by atoms with Crippen molar-refractivity contribution in [1.29, 1.82) is 0 Å². The lowest BCUT2D eigenvalue weighted by Gasteiger charge is -2.35. The average molecular weight is 846 g/mol. The predicted molar refractivity (Wildman–Crippen MR) is 218 cm³/mol. The molecule has 1 aromatic rings. The van der Waals surface area contributed by atoms with Gasteiger partial charge in [0.15, 0.2) is 24.2 Å². The molecule has 60 heavy (non-hydrogen) atoms. The van der Waals surface area contributed by atoms with Gasteiger partial charge in [0.1, 0.15) is 30.5 Å². The van der Waals surface area contributed by atoms with Crippen molar-refractivity contribution in [3.63, 3.8) is 0 Å². The first-order chi connectivity index (χ1) is 28.8. The SMILES string of the molecule is CCCCC/C=C\C/C=C\CCCCCCCC(=O)O[C@@H]1[C@H](OC)[C@@H]([C@@H](O[C@H]2OC(C(=O)N[C@H]3CCC[C@@H](C)NC3=O)=C[C@H](O)[C@@H]2O)C(N)=O)O[C@H]1n1ccc(=O)[nH]c1=O. The Morgan fingerprint density at radius 3 is 2.38 bits per heavy atom.